The Kier molecular flexibility index (Phi) is 2.91. The minimum absolute atomic E-state index is 1.01. The van der Waals surface area contributed by atoms with Crippen molar-refractivity contribution >= 4 is 11.4 Å². The molecule has 1 aromatic heterocycles. The second-order valence-corrected chi connectivity index (χ2v) is 4.13. The molecule has 0 amide bonds. The minimum Gasteiger partial charge on any atom is -0.360 e. The summed E-state index contributed by atoms with van der Waals surface area (Å²) in [5.74, 6) is 0. The Hall–Kier alpha value is -1.83. The van der Waals surface area contributed by atoms with E-state index in [0.717, 1.165) is 17.1 Å². The summed E-state index contributed by atoms with van der Waals surface area (Å²) in [6.07, 6.45) is 1.91. The predicted octanol–water partition coefficient (Wildman–Crippen LogP) is 3.77. The maximum absolute atomic E-state index is 4.61. The van der Waals surface area contributed by atoms with Gasteiger partial charge in [-0.1, -0.05) is 6.07 Å². The van der Waals surface area contributed by atoms with Gasteiger partial charge >= 0.3 is 0 Å². The van der Waals surface area contributed by atoms with Crippen molar-refractivity contribution in [3.05, 3.63) is 53.3 Å². The second-order valence-electron chi connectivity index (χ2n) is 4.13. The van der Waals surface area contributed by atoms with Gasteiger partial charge in [0, 0.05) is 6.20 Å². The lowest BCUT2D eigenvalue weighted by Gasteiger charge is -2.02. The Morgan fingerprint density at radius 3 is 2.38 bits per heavy atom. The molecule has 0 spiro atoms. The molecule has 0 aliphatic heterocycles. The number of aromatic amines is 1. The van der Waals surface area contributed by atoms with E-state index >= 15 is 0 Å². The van der Waals surface area contributed by atoms with Crippen molar-refractivity contribution in [1.29, 1.82) is 0 Å². The molecule has 2 aromatic rings. The highest BCUT2D eigenvalue weighted by atomic mass is 14.8. The summed E-state index contributed by atoms with van der Waals surface area (Å²) in [7, 11) is 0. The molecule has 2 rings (SSSR count). The molecule has 2 heteroatoms. The molecular formula is C14H16N2. The Labute approximate surface area is 96.1 Å². The molecule has 82 valence electrons. The molecule has 0 atom stereocenters. The van der Waals surface area contributed by atoms with Crippen molar-refractivity contribution in [2.24, 2.45) is 4.99 Å². The van der Waals surface area contributed by atoms with Crippen molar-refractivity contribution in [3.63, 3.8) is 0 Å². The molecule has 0 saturated heterocycles. The molecule has 2 nitrogen and oxygen atoms in total. The van der Waals surface area contributed by atoms with Gasteiger partial charge in [-0.05, 0) is 56.2 Å². The van der Waals surface area contributed by atoms with Crippen molar-refractivity contribution in [2.75, 3.05) is 0 Å². The van der Waals surface area contributed by atoms with E-state index in [2.05, 4.69) is 42.0 Å². The third-order valence-electron chi connectivity index (χ3n) is 2.49. The summed E-state index contributed by atoms with van der Waals surface area (Å²) >= 11 is 0. The number of aryl methyl sites for hydroxylation is 2. The average Bonchev–Trinajstić information content (AvgIpc) is 2.68. The van der Waals surface area contributed by atoms with Gasteiger partial charge < -0.3 is 4.98 Å². The van der Waals surface area contributed by atoms with E-state index in [1.807, 2.05) is 25.3 Å². The van der Waals surface area contributed by atoms with Gasteiger partial charge in [0.1, 0.15) is 0 Å². The number of benzene rings is 1. The summed E-state index contributed by atoms with van der Waals surface area (Å²) in [5.41, 5.74) is 5.59. The molecule has 0 aliphatic rings. The summed E-state index contributed by atoms with van der Waals surface area (Å²) in [6, 6.07) is 10.4. The fraction of sp³-hybridized carbons (Fsp3) is 0.214. The molecule has 0 radical (unpaired) electrons. The SMILES string of the molecule is CC(=Nc1cc(C)cc(C)c1)c1ccc[nH]1. The van der Waals surface area contributed by atoms with Crippen LogP contribution in [0.4, 0.5) is 5.69 Å². The standard InChI is InChI=1S/C14H16N2/c1-10-7-11(2)9-13(8-10)16-12(3)14-5-4-6-15-14/h4-9,15H,1-3H3. The molecule has 1 aromatic carbocycles. The fourth-order valence-electron chi connectivity index (χ4n) is 1.82. The third-order valence-corrected chi connectivity index (χ3v) is 2.49. The maximum atomic E-state index is 4.61. The van der Waals surface area contributed by atoms with Crippen LogP contribution in [-0.4, -0.2) is 10.7 Å². The van der Waals surface area contributed by atoms with Crippen LogP contribution in [0.5, 0.6) is 0 Å². The molecule has 0 unspecified atom stereocenters. The molecule has 1 heterocycles. The third kappa shape index (κ3) is 2.40. The zero-order chi connectivity index (χ0) is 11.5. The molecule has 0 aliphatic carbocycles. The molecule has 0 fully saturated rings. The molecule has 0 saturated carbocycles. The van der Waals surface area contributed by atoms with Crippen LogP contribution in [0.25, 0.3) is 0 Å². The topological polar surface area (TPSA) is 28.1 Å². The lowest BCUT2D eigenvalue weighted by atomic mass is 10.1. The summed E-state index contributed by atoms with van der Waals surface area (Å²) < 4.78 is 0. The largest absolute Gasteiger partial charge is 0.360 e. The second kappa shape index (κ2) is 4.35. The van der Waals surface area contributed by atoms with E-state index in [-0.39, 0.29) is 0 Å². The van der Waals surface area contributed by atoms with Crippen LogP contribution >= 0.6 is 0 Å². The molecule has 16 heavy (non-hydrogen) atoms. The number of aliphatic imine (C=N–C) groups is 1. The van der Waals surface area contributed by atoms with E-state index in [4.69, 9.17) is 0 Å². The lowest BCUT2D eigenvalue weighted by molar-refractivity contribution is 1.32. The minimum atomic E-state index is 1.01. The van der Waals surface area contributed by atoms with Gasteiger partial charge in [0.05, 0.1) is 17.1 Å². The Balaban J connectivity index is 2.35. The first-order valence-electron chi connectivity index (χ1n) is 5.42. The van der Waals surface area contributed by atoms with Crippen LogP contribution in [-0.2, 0) is 0 Å². The van der Waals surface area contributed by atoms with Crippen molar-refractivity contribution < 1.29 is 0 Å². The monoisotopic (exact) mass is 212 g/mol. The van der Waals surface area contributed by atoms with Crippen molar-refractivity contribution in [2.45, 2.75) is 20.8 Å². The van der Waals surface area contributed by atoms with Crippen LogP contribution in [0.15, 0.2) is 41.5 Å². The average molecular weight is 212 g/mol. The predicted molar refractivity (Wildman–Crippen MR) is 68.6 cm³/mol. The molecular weight excluding hydrogens is 196 g/mol. The van der Waals surface area contributed by atoms with Crippen LogP contribution in [0.3, 0.4) is 0 Å². The van der Waals surface area contributed by atoms with E-state index in [9.17, 15) is 0 Å². The summed E-state index contributed by atoms with van der Waals surface area (Å²) in [4.78, 5) is 7.76. The van der Waals surface area contributed by atoms with E-state index < -0.39 is 0 Å². The number of aromatic nitrogens is 1. The highest BCUT2D eigenvalue weighted by Gasteiger charge is 1.99. The van der Waals surface area contributed by atoms with Gasteiger partial charge in [0.15, 0.2) is 0 Å². The van der Waals surface area contributed by atoms with Crippen LogP contribution < -0.4 is 0 Å². The van der Waals surface area contributed by atoms with Gasteiger partial charge in [-0.25, -0.2) is 0 Å². The van der Waals surface area contributed by atoms with Crippen LogP contribution in [0.1, 0.15) is 23.7 Å². The smallest absolute Gasteiger partial charge is 0.0639 e. The van der Waals surface area contributed by atoms with E-state index in [1.54, 1.807) is 0 Å². The molecule has 0 bridgehead atoms. The number of nitrogens with zero attached hydrogens (tertiary/aromatic N) is 1. The van der Waals surface area contributed by atoms with E-state index in [1.165, 1.54) is 11.1 Å². The highest BCUT2D eigenvalue weighted by molar-refractivity contribution is 5.98. The Morgan fingerprint density at radius 1 is 1.12 bits per heavy atom. The lowest BCUT2D eigenvalue weighted by Crippen LogP contribution is -1.93. The van der Waals surface area contributed by atoms with Gasteiger partial charge in [-0.2, -0.15) is 0 Å². The van der Waals surface area contributed by atoms with Crippen LogP contribution in [0, 0.1) is 13.8 Å². The first kappa shape index (κ1) is 10.7. The van der Waals surface area contributed by atoms with Gasteiger partial charge in [-0.3, -0.25) is 4.99 Å². The number of rotatable bonds is 2. The summed E-state index contributed by atoms with van der Waals surface area (Å²) in [6.45, 7) is 6.20. The quantitative estimate of drug-likeness (QED) is 0.734. The van der Waals surface area contributed by atoms with Crippen LogP contribution in [0.2, 0.25) is 0 Å². The first-order valence-corrected chi connectivity index (χ1v) is 5.42. The van der Waals surface area contributed by atoms with Crippen molar-refractivity contribution in [3.8, 4) is 0 Å². The highest BCUT2D eigenvalue weighted by Crippen LogP contribution is 2.18. The number of hydrogen-bond acceptors (Lipinski definition) is 1. The number of H-pyrrole nitrogens is 1. The zero-order valence-electron chi connectivity index (χ0n) is 9.91. The first-order chi connectivity index (χ1) is 7.65. The normalized spacial score (nSPS) is 11.8. The number of hydrogen-bond donors (Lipinski definition) is 1. The summed E-state index contributed by atoms with van der Waals surface area (Å²) in [5, 5.41) is 0. The van der Waals surface area contributed by atoms with Gasteiger partial charge in [-0.15, -0.1) is 0 Å². The zero-order valence-corrected chi connectivity index (χ0v) is 9.91. The van der Waals surface area contributed by atoms with E-state index in [0.29, 0.717) is 0 Å². The Morgan fingerprint density at radius 2 is 1.81 bits per heavy atom. The number of nitrogens with one attached hydrogen (secondary N) is 1. The van der Waals surface area contributed by atoms with Gasteiger partial charge in [0.2, 0.25) is 0 Å². The fourth-order valence-corrected chi connectivity index (χ4v) is 1.82. The molecule has 1 N–H and O–H groups in total. The van der Waals surface area contributed by atoms with Crippen molar-refractivity contribution in [1.82, 2.24) is 4.98 Å². The Bertz CT molecular complexity index is 487. The maximum Gasteiger partial charge on any atom is 0.0639 e. The van der Waals surface area contributed by atoms with Gasteiger partial charge in [0.25, 0.3) is 0 Å².